The topological polar surface area (TPSA) is 57.7 Å². The zero-order chi connectivity index (χ0) is 20.5. The summed E-state index contributed by atoms with van der Waals surface area (Å²) in [6, 6.07) is 15.4. The molecule has 0 unspecified atom stereocenters. The molecule has 2 aromatic carbocycles. The van der Waals surface area contributed by atoms with Crippen LogP contribution in [0.15, 0.2) is 54.6 Å². The maximum Gasteiger partial charge on any atom is 0.223 e. The Morgan fingerprint density at radius 2 is 1.55 bits per heavy atom. The Balaban J connectivity index is 1.45. The van der Waals surface area contributed by atoms with E-state index in [1.54, 1.807) is 16.4 Å². The standard InChI is InChI=1S/C22H25FN2O3S/c23-20-8-6-18(7-9-20)16-25-21(26)10-11-22(25)12-14-24(15-13-22)29(27,28)17-19-4-2-1-3-5-19/h1-9H,10-17H2. The molecule has 1 spiro atoms. The van der Waals surface area contributed by atoms with Gasteiger partial charge < -0.3 is 4.90 Å². The van der Waals surface area contributed by atoms with E-state index in [1.165, 1.54) is 12.1 Å². The molecule has 2 aliphatic heterocycles. The van der Waals surface area contributed by atoms with E-state index in [2.05, 4.69) is 0 Å². The van der Waals surface area contributed by atoms with E-state index >= 15 is 0 Å². The number of likely N-dealkylation sites (tertiary alicyclic amines) is 1. The number of piperidine rings is 1. The Kier molecular flexibility index (Phi) is 5.44. The molecule has 2 fully saturated rings. The highest BCUT2D eigenvalue weighted by Gasteiger charge is 2.48. The fourth-order valence-electron chi connectivity index (χ4n) is 4.48. The van der Waals surface area contributed by atoms with Gasteiger partial charge in [-0.1, -0.05) is 42.5 Å². The normalized spacial score (nSPS) is 19.8. The Hall–Kier alpha value is -2.25. The minimum atomic E-state index is -3.39. The largest absolute Gasteiger partial charge is 0.333 e. The second-order valence-electron chi connectivity index (χ2n) is 7.97. The molecular formula is C22H25FN2O3S. The molecule has 0 radical (unpaired) electrons. The first kappa shape index (κ1) is 20.0. The van der Waals surface area contributed by atoms with Crippen LogP contribution in [0.4, 0.5) is 4.39 Å². The van der Waals surface area contributed by atoms with Crippen LogP contribution in [0.1, 0.15) is 36.8 Å². The molecule has 0 bridgehead atoms. The molecular weight excluding hydrogens is 391 g/mol. The lowest BCUT2D eigenvalue weighted by molar-refractivity contribution is -0.133. The molecule has 4 rings (SSSR count). The van der Waals surface area contributed by atoms with Gasteiger partial charge >= 0.3 is 0 Å². The van der Waals surface area contributed by atoms with Crippen molar-refractivity contribution in [3.8, 4) is 0 Å². The monoisotopic (exact) mass is 416 g/mol. The zero-order valence-electron chi connectivity index (χ0n) is 16.3. The minimum Gasteiger partial charge on any atom is -0.333 e. The summed E-state index contributed by atoms with van der Waals surface area (Å²) in [6.45, 7) is 1.28. The number of carbonyl (C=O) groups excluding carboxylic acids is 1. The van der Waals surface area contributed by atoms with Crippen molar-refractivity contribution in [3.63, 3.8) is 0 Å². The predicted molar refractivity (Wildman–Crippen MR) is 109 cm³/mol. The highest BCUT2D eigenvalue weighted by Crippen LogP contribution is 2.40. The van der Waals surface area contributed by atoms with E-state index in [0.717, 1.165) is 17.5 Å². The van der Waals surface area contributed by atoms with Gasteiger partial charge in [-0.2, -0.15) is 0 Å². The summed E-state index contributed by atoms with van der Waals surface area (Å²) >= 11 is 0. The van der Waals surface area contributed by atoms with Crippen molar-refractivity contribution in [1.82, 2.24) is 9.21 Å². The SMILES string of the molecule is O=C1CCC2(CCN(S(=O)(=O)Cc3ccccc3)CC2)N1Cc1ccc(F)cc1. The number of hydrogen-bond donors (Lipinski definition) is 0. The van der Waals surface area contributed by atoms with Crippen LogP contribution in [0.5, 0.6) is 0 Å². The van der Waals surface area contributed by atoms with Crippen molar-refractivity contribution < 1.29 is 17.6 Å². The number of hydrogen-bond acceptors (Lipinski definition) is 3. The Bertz CT molecular complexity index is 969. The smallest absolute Gasteiger partial charge is 0.223 e. The fraction of sp³-hybridized carbons (Fsp3) is 0.409. The van der Waals surface area contributed by atoms with Crippen molar-refractivity contribution in [2.45, 2.75) is 43.5 Å². The third-order valence-electron chi connectivity index (χ3n) is 6.17. The first-order valence-corrected chi connectivity index (χ1v) is 11.6. The average Bonchev–Trinajstić information content (AvgIpc) is 3.00. The quantitative estimate of drug-likeness (QED) is 0.751. The zero-order valence-corrected chi connectivity index (χ0v) is 17.1. The minimum absolute atomic E-state index is 0.000928. The molecule has 29 heavy (non-hydrogen) atoms. The molecule has 2 heterocycles. The number of rotatable bonds is 5. The van der Waals surface area contributed by atoms with E-state index in [4.69, 9.17) is 0 Å². The highest BCUT2D eigenvalue weighted by atomic mass is 32.2. The van der Waals surface area contributed by atoms with Gasteiger partial charge in [-0.15, -0.1) is 0 Å². The van der Waals surface area contributed by atoms with Crippen LogP contribution in [0.25, 0.3) is 0 Å². The summed E-state index contributed by atoms with van der Waals surface area (Å²) in [4.78, 5) is 14.4. The van der Waals surface area contributed by atoms with E-state index in [0.29, 0.717) is 38.9 Å². The number of benzene rings is 2. The summed E-state index contributed by atoms with van der Waals surface area (Å²) < 4.78 is 40.4. The number of amides is 1. The van der Waals surface area contributed by atoms with Gasteiger partial charge in [0.1, 0.15) is 5.82 Å². The predicted octanol–water partition coefficient (Wildman–Crippen LogP) is 3.31. The first-order chi connectivity index (χ1) is 13.9. The van der Waals surface area contributed by atoms with Crippen molar-refractivity contribution in [3.05, 3.63) is 71.5 Å². The summed E-state index contributed by atoms with van der Waals surface area (Å²) in [5.41, 5.74) is 1.37. The van der Waals surface area contributed by atoms with Gasteiger partial charge in [0.15, 0.2) is 0 Å². The molecule has 2 aliphatic rings. The van der Waals surface area contributed by atoms with Gasteiger partial charge in [-0.05, 0) is 42.5 Å². The molecule has 2 saturated heterocycles. The maximum atomic E-state index is 13.2. The van der Waals surface area contributed by atoms with Crippen LogP contribution in [0.3, 0.4) is 0 Å². The van der Waals surface area contributed by atoms with E-state index < -0.39 is 10.0 Å². The molecule has 5 nitrogen and oxygen atoms in total. The van der Waals surface area contributed by atoms with Crippen molar-refractivity contribution >= 4 is 15.9 Å². The molecule has 0 aromatic heterocycles. The van der Waals surface area contributed by atoms with Crippen molar-refractivity contribution in [2.24, 2.45) is 0 Å². The van der Waals surface area contributed by atoms with Gasteiger partial charge in [0, 0.05) is 31.6 Å². The molecule has 154 valence electrons. The molecule has 2 aromatic rings. The van der Waals surface area contributed by atoms with Crippen molar-refractivity contribution in [2.75, 3.05) is 13.1 Å². The van der Waals surface area contributed by atoms with E-state index in [1.807, 2.05) is 35.2 Å². The summed E-state index contributed by atoms with van der Waals surface area (Å²) in [5, 5.41) is 0. The summed E-state index contributed by atoms with van der Waals surface area (Å²) in [5.74, 6) is -0.206. The Morgan fingerprint density at radius 3 is 2.21 bits per heavy atom. The summed E-state index contributed by atoms with van der Waals surface area (Å²) in [7, 11) is -3.39. The number of halogens is 1. The second-order valence-corrected chi connectivity index (χ2v) is 9.94. The van der Waals surface area contributed by atoms with Gasteiger partial charge in [-0.3, -0.25) is 4.79 Å². The van der Waals surface area contributed by atoms with Crippen LogP contribution in [-0.4, -0.2) is 42.2 Å². The van der Waals surface area contributed by atoms with Gasteiger partial charge in [0.2, 0.25) is 15.9 Å². The molecule has 0 N–H and O–H groups in total. The van der Waals surface area contributed by atoms with E-state index in [-0.39, 0.29) is 23.0 Å². The lowest BCUT2D eigenvalue weighted by Crippen LogP contribution is -2.53. The third-order valence-corrected chi connectivity index (χ3v) is 8.02. The lowest BCUT2D eigenvalue weighted by Gasteiger charge is -2.44. The maximum absolute atomic E-state index is 13.2. The van der Waals surface area contributed by atoms with Crippen LogP contribution in [0, 0.1) is 5.82 Å². The first-order valence-electron chi connectivity index (χ1n) is 9.95. The van der Waals surface area contributed by atoms with Crippen LogP contribution in [0.2, 0.25) is 0 Å². The number of sulfonamides is 1. The molecule has 1 amide bonds. The van der Waals surface area contributed by atoms with Crippen molar-refractivity contribution in [1.29, 1.82) is 0 Å². The van der Waals surface area contributed by atoms with Gasteiger partial charge in [0.05, 0.1) is 5.75 Å². The lowest BCUT2D eigenvalue weighted by atomic mass is 9.85. The summed E-state index contributed by atoms with van der Waals surface area (Å²) in [6.07, 6.45) is 2.50. The van der Waals surface area contributed by atoms with Crippen LogP contribution in [-0.2, 0) is 27.1 Å². The van der Waals surface area contributed by atoms with Gasteiger partial charge in [-0.25, -0.2) is 17.1 Å². The number of nitrogens with zero attached hydrogens (tertiary/aromatic N) is 2. The Morgan fingerprint density at radius 1 is 0.897 bits per heavy atom. The Labute approximate surface area is 171 Å². The van der Waals surface area contributed by atoms with Crippen LogP contribution < -0.4 is 0 Å². The highest BCUT2D eigenvalue weighted by molar-refractivity contribution is 7.88. The average molecular weight is 417 g/mol. The molecule has 0 saturated carbocycles. The van der Waals surface area contributed by atoms with Gasteiger partial charge in [0.25, 0.3) is 0 Å². The molecule has 0 aliphatic carbocycles. The third kappa shape index (κ3) is 4.21. The van der Waals surface area contributed by atoms with E-state index in [9.17, 15) is 17.6 Å². The molecule has 0 atom stereocenters. The number of carbonyl (C=O) groups is 1. The fourth-order valence-corrected chi connectivity index (χ4v) is 6.01. The van der Waals surface area contributed by atoms with Crippen LogP contribution >= 0.6 is 0 Å². The molecule has 7 heteroatoms. The second kappa shape index (κ2) is 7.88.